The van der Waals surface area contributed by atoms with Crippen LogP contribution in [0.2, 0.25) is 0 Å². The topological polar surface area (TPSA) is 12.0 Å². The predicted octanol–water partition coefficient (Wildman–Crippen LogP) is 3.13. The molecule has 16 heavy (non-hydrogen) atoms. The Hall–Kier alpha value is -0.820. The first kappa shape index (κ1) is 11.7. The van der Waals surface area contributed by atoms with Gasteiger partial charge in [0.25, 0.3) is 0 Å². The molecule has 0 aliphatic heterocycles. The fraction of sp³-hybridized carbons (Fsp3) is 0.600. The van der Waals surface area contributed by atoms with Crippen LogP contribution in [0.1, 0.15) is 42.9 Å². The van der Waals surface area contributed by atoms with E-state index in [1.54, 1.807) is 11.1 Å². The normalized spacial score (nSPS) is 16.5. The first-order valence-electron chi connectivity index (χ1n) is 6.48. The van der Waals surface area contributed by atoms with Gasteiger partial charge in [0.15, 0.2) is 0 Å². The molecule has 0 radical (unpaired) electrons. The molecule has 1 aromatic carbocycles. The van der Waals surface area contributed by atoms with E-state index in [0.717, 1.165) is 6.54 Å². The van der Waals surface area contributed by atoms with E-state index in [-0.39, 0.29) is 0 Å². The average Bonchev–Trinajstić information content (AvgIpc) is 2.72. The standard InChI is InChI=1S/C15H23N/c1-11(2)15(10-16-3)14-8-7-12-5-4-6-13(12)9-14/h7-9,11,15-16H,4-6,10H2,1-3H3. The third-order valence-corrected chi connectivity index (χ3v) is 3.78. The smallest absolute Gasteiger partial charge is 0.00196 e. The van der Waals surface area contributed by atoms with Gasteiger partial charge in [-0.3, -0.25) is 0 Å². The zero-order valence-corrected chi connectivity index (χ0v) is 10.7. The van der Waals surface area contributed by atoms with Gasteiger partial charge in [0.1, 0.15) is 0 Å². The lowest BCUT2D eigenvalue weighted by molar-refractivity contribution is 0.478. The van der Waals surface area contributed by atoms with Crippen LogP contribution in [0.5, 0.6) is 0 Å². The molecular formula is C15H23N. The van der Waals surface area contributed by atoms with Crippen molar-refractivity contribution in [2.45, 2.75) is 39.0 Å². The van der Waals surface area contributed by atoms with E-state index in [9.17, 15) is 0 Å². The monoisotopic (exact) mass is 217 g/mol. The van der Waals surface area contributed by atoms with Gasteiger partial charge in [0, 0.05) is 6.54 Å². The number of nitrogens with one attached hydrogen (secondary N) is 1. The molecule has 0 fully saturated rings. The van der Waals surface area contributed by atoms with Crippen LogP contribution in [-0.4, -0.2) is 13.6 Å². The van der Waals surface area contributed by atoms with E-state index >= 15 is 0 Å². The number of likely N-dealkylation sites (N-methyl/N-ethyl adjacent to an activating group) is 1. The lowest BCUT2D eigenvalue weighted by atomic mass is 9.87. The first-order valence-corrected chi connectivity index (χ1v) is 6.48. The molecule has 1 heteroatoms. The van der Waals surface area contributed by atoms with Crippen molar-refractivity contribution in [3.05, 3.63) is 34.9 Å². The van der Waals surface area contributed by atoms with E-state index in [4.69, 9.17) is 0 Å². The van der Waals surface area contributed by atoms with Crippen LogP contribution in [0.25, 0.3) is 0 Å². The minimum absolute atomic E-state index is 0.649. The Kier molecular flexibility index (Phi) is 3.65. The highest BCUT2D eigenvalue weighted by atomic mass is 14.8. The number of rotatable bonds is 4. The first-order chi connectivity index (χ1) is 7.72. The molecule has 1 aliphatic carbocycles. The molecular weight excluding hydrogens is 194 g/mol. The molecule has 1 aromatic rings. The van der Waals surface area contributed by atoms with Gasteiger partial charge in [0.2, 0.25) is 0 Å². The molecule has 1 N–H and O–H groups in total. The Morgan fingerprint density at radius 1 is 1.19 bits per heavy atom. The quantitative estimate of drug-likeness (QED) is 0.817. The van der Waals surface area contributed by atoms with Gasteiger partial charge in [-0.05, 0) is 54.8 Å². The summed E-state index contributed by atoms with van der Waals surface area (Å²) in [7, 11) is 2.04. The van der Waals surface area contributed by atoms with Crippen LogP contribution >= 0.6 is 0 Å². The van der Waals surface area contributed by atoms with E-state index in [1.807, 2.05) is 7.05 Å². The maximum absolute atomic E-state index is 3.32. The van der Waals surface area contributed by atoms with Crippen LogP contribution < -0.4 is 5.32 Å². The van der Waals surface area contributed by atoms with E-state index < -0.39 is 0 Å². The van der Waals surface area contributed by atoms with E-state index in [1.165, 1.54) is 24.8 Å². The molecule has 0 spiro atoms. The third-order valence-electron chi connectivity index (χ3n) is 3.78. The molecule has 2 rings (SSSR count). The minimum atomic E-state index is 0.649. The van der Waals surface area contributed by atoms with Gasteiger partial charge in [-0.2, -0.15) is 0 Å². The molecule has 1 nitrogen and oxygen atoms in total. The SMILES string of the molecule is CNCC(c1ccc2c(c1)CCC2)C(C)C. The number of hydrogen-bond donors (Lipinski definition) is 1. The van der Waals surface area contributed by atoms with Crippen LogP contribution in [0.4, 0.5) is 0 Å². The Morgan fingerprint density at radius 3 is 2.62 bits per heavy atom. The molecule has 0 bridgehead atoms. The molecule has 1 unspecified atom stereocenters. The summed E-state index contributed by atoms with van der Waals surface area (Å²) in [6.45, 7) is 5.71. The van der Waals surface area contributed by atoms with Gasteiger partial charge >= 0.3 is 0 Å². The van der Waals surface area contributed by atoms with Crippen molar-refractivity contribution in [2.75, 3.05) is 13.6 Å². The molecule has 1 atom stereocenters. The van der Waals surface area contributed by atoms with Crippen molar-refractivity contribution >= 4 is 0 Å². The lowest BCUT2D eigenvalue weighted by Crippen LogP contribution is -2.21. The average molecular weight is 217 g/mol. The molecule has 0 saturated carbocycles. The van der Waals surface area contributed by atoms with Crippen molar-refractivity contribution in [3.8, 4) is 0 Å². The Labute approximate surface area is 99.3 Å². The molecule has 0 amide bonds. The largest absolute Gasteiger partial charge is 0.319 e. The molecule has 0 heterocycles. The Balaban J connectivity index is 2.24. The maximum atomic E-state index is 3.32. The summed E-state index contributed by atoms with van der Waals surface area (Å²) in [5.41, 5.74) is 4.69. The summed E-state index contributed by atoms with van der Waals surface area (Å²) in [5, 5.41) is 3.32. The summed E-state index contributed by atoms with van der Waals surface area (Å²) >= 11 is 0. The second-order valence-electron chi connectivity index (χ2n) is 5.29. The minimum Gasteiger partial charge on any atom is -0.319 e. The highest BCUT2D eigenvalue weighted by Gasteiger charge is 2.18. The van der Waals surface area contributed by atoms with Crippen molar-refractivity contribution < 1.29 is 0 Å². The summed E-state index contributed by atoms with van der Waals surface area (Å²) in [6, 6.07) is 7.14. The van der Waals surface area contributed by atoms with Crippen molar-refractivity contribution in [1.82, 2.24) is 5.32 Å². The number of fused-ring (bicyclic) bond motifs is 1. The second kappa shape index (κ2) is 5.01. The molecule has 88 valence electrons. The second-order valence-corrected chi connectivity index (χ2v) is 5.29. The number of benzene rings is 1. The van der Waals surface area contributed by atoms with Gasteiger partial charge in [-0.15, -0.1) is 0 Å². The van der Waals surface area contributed by atoms with Crippen LogP contribution in [0.3, 0.4) is 0 Å². The summed E-state index contributed by atoms with van der Waals surface area (Å²) < 4.78 is 0. The maximum Gasteiger partial charge on any atom is 0.00196 e. The highest BCUT2D eigenvalue weighted by molar-refractivity contribution is 5.37. The summed E-state index contributed by atoms with van der Waals surface area (Å²) in [5.74, 6) is 1.35. The van der Waals surface area contributed by atoms with Gasteiger partial charge in [-0.25, -0.2) is 0 Å². The molecule has 1 aliphatic rings. The van der Waals surface area contributed by atoms with Crippen molar-refractivity contribution in [1.29, 1.82) is 0 Å². The van der Waals surface area contributed by atoms with Crippen molar-refractivity contribution in [3.63, 3.8) is 0 Å². The number of aryl methyl sites for hydroxylation is 2. The van der Waals surface area contributed by atoms with Gasteiger partial charge < -0.3 is 5.32 Å². The Morgan fingerprint density at radius 2 is 1.94 bits per heavy atom. The van der Waals surface area contributed by atoms with Crippen LogP contribution in [0.15, 0.2) is 18.2 Å². The van der Waals surface area contributed by atoms with E-state index in [2.05, 4.69) is 37.4 Å². The fourth-order valence-electron chi connectivity index (χ4n) is 2.78. The zero-order valence-electron chi connectivity index (χ0n) is 10.7. The van der Waals surface area contributed by atoms with Gasteiger partial charge in [-0.1, -0.05) is 32.0 Å². The van der Waals surface area contributed by atoms with E-state index in [0.29, 0.717) is 11.8 Å². The molecule has 0 aromatic heterocycles. The van der Waals surface area contributed by atoms with Crippen LogP contribution in [-0.2, 0) is 12.8 Å². The summed E-state index contributed by atoms with van der Waals surface area (Å²) in [6.07, 6.45) is 3.92. The number of hydrogen-bond acceptors (Lipinski definition) is 1. The summed E-state index contributed by atoms with van der Waals surface area (Å²) in [4.78, 5) is 0. The highest BCUT2D eigenvalue weighted by Crippen LogP contribution is 2.29. The predicted molar refractivity (Wildman–Crippen MR) is 70.0 cm³/mol. The Bertz CT molecular complexity index is 354. The lowest BCUT2D eigenvalue weighted by Gasteiger charge is -2.21. The molecule has 0 saturated heterocycles. The third kappa shape index (κ3) is 2.30. The zero-order chi connectivity index (χ0) is 11.5. The van der Waals surface area contributed by atoms with Crippen molar-refractivity contribution in [2.24, 2.45) is 5.92 Å². The van der Waals surface area contributed by atoms with Gasteiger partial charge in [0.05, 0.1) is 0 Å². The fourth-order valence-corrected chi connectivity index (χ4v) is 2.78. The van der Waals surface area contributed by atoms with Crippen LogP contribution in [0, 0.1) is 5.92 Å².